The van der Waals surface area contributed by atoms with Crippen molar-refractivity contribution in [3.63, 3.8) is 0 Å². The summed E-state index contributed by atoms with van der Waals surface area (Å²) < 4.78 is 0. The molecule has 2 aromatic rings. The van der Waals surface area contributed by atoms with Crippen LogP contribution >= 0.6 is 11.3 Å². The minimum atomic E-state index is 0.0455. The molecular formula is C13H14N2OS. The lowest BCUT2D eigenvalue weighted by molar-refractivity contribution is -0.110. The summed E-state index contributed by atoms with van der Waals surface area (Å²) >= 11 is 1.64. The molecule has 0 spiro atoms. The van der Waals surface area contributed by atoms with E-state index in [2.05, 4.69) is 22.4 Å². The van der Waals surface area contributed by atoms with Gasteiger partial charge in [0.05, 0.1) is 22.1 Å². The van der Waals surface area contributed by atoms with Gasteiger partial charge in [-0.15, -0.1) is 11.3 Å². The van der Waals surface area contributed by atoms with Crippen LogP contribution in [-0.2, 0) is 4.79 Å². The highest BCUT2D eigenvalue weighted by molar-refractivity contribution is 7.13. The molecule has 0 aliphatic carbocycles. The lowest BCUT2D eigenvalue weighted by atomic mass is 10.1. The second kappa shape index (κ2) is 5.10. The molecule has 1 atom stereocenters. The van der Waals surface area contributed by atoms with Crippen LogP contribution in [0.3, 0.4) is 0 Å². The molecule has 1 aromatic heterocycles. The number of rotatable bonds is 4. The monoisotopic (exact) mass is 246 g/mol. The molecule has 3 nitrogen and oxygen atoms in total. The number of aryl methyl sites for hydroxylation is 1. The Bertz CT molecular complexity index is 504. The number of aromatic nitrogens is 1. The van der Waals surface area contributed by atoms with E-state index in [4.69, 9.17) is 0 Å². The van der Waals surface area contributed by atoms with Crippen LogP contribution in [-0.4, -0.2) is 11.4 Å². The van der Waals surface area contributed by atoms with Gasteiger partial charge >= 0.3 is 0 Å². The lowest BCUT2D eigenvalue weighted by Crippen LogP contribution is -2.15. The molecule has 0 fully saturated rings. The predicted octanol–water partition coefficient (Wildman–Crippen LogP) is 2.93. The van der Waals surface area contributed by atoms with E-state index < -0.39 is 0 Å². The predicted molar refractivity (Wildman–Crippen MR) is 69.9 cm³/mol. The lowest BCUT2D eigenvalue weighted by Gasteiger charge is -2.10. The number of nitrogens with one attached hydrogen (secondary N) is 1. The van der Waals surface area contributed by atoms with Gasteiger partial charge < -0.3 is 5.32 Å². The molecule has 17 heavy (non-hydrogen) atoms. The Hall–Kier alpha value is -1.68. The first-order chi connectivity index (χ1) is 8.22. The van der Waals surface area contributed by atoms with E-state index in [-0.39, 0.29) is 6.04 Å². The van der Waals surface area contributed by atoms with Crippen LogP contribution in [0.5, 0.6) is 0 Å². The SMILES string of the molecule is Cc1ncsc1-c1ccc([C@H](C)NC=O)cc1. The molecule has 1 aromatic carbocycles. The number of carbonyl (C=O) groups is 1. The van der Waals surface area contributed by atoms with Crippen molar-refractivity contribution in [2.24, 2.45) is 0 Å². The Morgan fingerprint density at radius 1 is 1.35 bits per heavy atom. The van der Waals surface area contributed by atoms with Crippen LogP contribution < -0.4 is 5.32 Å². The quantitative estimate of drug-likeness (QED) is 0.843. The van der Waals surface area contributed by atoms with Crippen molar-refractivity contribution in [2.45, 2.75) is 19.9 Å². The van der Waals surface area contributed by atoms with E-state index in [1.54, 1.807) is 11.3 Å². The van der Waals surface area contributed by atoms with E-state index in [0.29, 0.717) is 0 Å². The summed E-state index contributed by atoms with van der Waals surface area (Å²) in [6.07, 6.45) is 0.728. The van der Waals surface area contributed by atoms with Crippen LogP contribution in [0.15, 0.2) is 29.8 Å². The van der Waals surface area contributed by atoms with Gasteiger partial charge in [-0.3, -0.25) is 4.79 Å². The third-order valence-corrected chi connectivity index (χ3v) is 3.71. The molecule has 4 heteroatoms. The number of nitrogens with zero attached hydrogens (tertiary/aromatic N) is 1. The molecule has 0 radical (unpaired) electrons. The van der Waals surface area contributed by atoms with Gasteiger partial charge in [-0.2, -0.15) is 0 Å². The summed E-state index contributed by atoms with van der Waals surface area (Å²) in [5.74, 6) is 0. The summed E-state index contributed by atoms with van der Waals surface area (Å²) in [4.78, 5) is 15.8. The normalized spacial score (nSPS) is 12.1. The summed E-state index contributed by atoms with van der Waals surface area (Å²) in [6, 6.07) is 8.26. The molecular weight excluding hydrogens is 232 g/mol. The van der Waals surface area contributed by atoms with Gasteiger partial charge in [0.15, 0.2) is 0 Å². The molecule has 2 rings (SSSR count). The maximum atomic E-state index is 10.4. The molecule has 1 N–H and O–H groups in total. The van der Waals surface area contributed by atoms with E-state index in [0.717, 1.165) is 17.7 Å². The number of amides is 1. The van der Waals surface area contributed by atoms with Crippen LogP contribution in [0, 0.1) is 6.92 Å². The van der Waals surface area contributed by atoms with E-state index in [1.807, 2.05) is 31.5 Å². The van der Waals surface area contributed by atoms with Crippen LogP contribution in [0.4, 0.5) is 0 Å². The van der Waals surface area contributed by atoms with Crippen molar-refractivity contribution in [3.05, 3.63) is 41.0 Å². The Morgan fingerprint density at radius 2 is 2.06 bits per heavy atom. The smallest absolute Gasteiger partial charge is 0.207 e. The van der Waals surface area contributed by atoms with Gasteiger partial charge in [-0.25, -0.2) is 4.98 Å². The molecule has 0 aliphatic heterocycles. The highest BCUT2D eigenvalue weighted by Crippen LogP contribution is 2.28. The van der Waals surface area contributed by atoms with E-state index in [9.17, 15) is 4.79 Å². The first-order valence-electron chi connectivity index (χ1n) is 5.42. The molecule has 88 valence electrons. The van der Waals surface area contributed by atoms with Gasteiger partial charge in [0.1, 0.15) is 0 Å². The largest absolute Gasteiger partial charge is 0.352 e. The standard InChI is InChI=1S/C13H14N2OS/c1-9(14-7-16)11-3-5-12(6-4-11)13-10(2)15-8-17-13/h3-9H,1-2H3,(H,14,16)/t9-/m0/s1. The van der Waals surface area contributed by atoms with Gasteiger partial charge in [-0.05, 0) is 25.0 Å². The first-order valence-corrected chi connectivity index (χ1v) is 6.30. The maximum Gasteiger partial charge on any atom is 0.207 e. The van der Waals surface area contributed by atoms with Crippen molar-refractivity contribution < 1.29 is 4.79 Å². The number of thiazole rings is 1. The summed E-state index contributed by atoms with van der Waals surface area (Å²) in [7, 11) is 0. The first kappa shape index (κ1) is 11.8. The number of benzene rings is 1. The Kier molecular flexibility index (Phi) is 3.54. The molecule has 0 saturated heterocycles. The van der Waals surface area contributed by atoms with Gasteiger partial charge in [0.2, 0.25) is 6.41 Å². The maximum absolute atomic E-state index is 10.4. The van der Waals surface area contributed by atoms with Crippen LogP contribution in [0.1, 0.15) is 24.2 Å². The topological polar surface area (TPSA) is 42.0 Å². The van der Waals surface area contributed by atoms with E-state index in [1.165, 1.54) is 10.4 Å². The van der Waals surface area contributed by atoms with Crippen molar-refractivity contribution >= 4 is 17.7 Å². The van der Waals surface area contributed by atoms with Crippen molar-refractivity contribution in [1.82, 2.24) is 10.3 Å². The van der Waals surface area contributed by atoms with Crippen molar-refractivity contribution in [3.8, 4) is 10.4 Å². The average molecular weight is 246 g/mol. The molecule has 0 saturated carbocycles. The highest BCUT2D eigenvalue weighted by atomic mass is 32.1. The minimum absolute atomic E-state index is 0.0455. The Morgan fingerprint density at radius 3 is 2.59 bits per heavy atom. The molecule has 0 bridgehead atoms. The second-order valence-corrected chi connectivity index (χ2v) is 4.75. The molecule has 1 heterocycles. The average Bonchev–Trinajstić information content (AvgIpc) is 2.76. The number of hydrogen-bond donors (Lipinski definition) is 1. The summed E-state index contributed by atoms with van der Waals surface area (Å²) in [5, 5.41) is 2.74. The fourth-order valence-corrected chi connectivity index (χ4v) is 2.51. The zero-order chi connectivity index (χ0) is 12.3. The fraction of sp³-hybridized carbons (Fsp3) is 0.231. The third-order valence-electron chi connectivity index (χ3n) is 2.74. The molecule has 0 aliphatic rings. The Labute approximate surface area is 105 Å². The zero-order valence-corrected chi connectivity index (χ0v) is 10.6. The fourth-order valence-electron chi connectivity index (χ4n) is 1.70. The summed E-state index contributed by atoms with van der Waals surface area (Å²) in [6.45, 7) is 3.97. The number of hydrogen-bond acceptors (Lipinski definition) is 3. The molecule has 1 amide bonds. The van der Waals surface area contributed by atoms with E-state index >= 15 is 0 Å². The number of carbonyl (C=O) groups excluding carboxylic acids is 1. The molecule has 0 unspecified atom stereocenters. The minimum Gasteiger partial charge on any atom is -0.352 e. The van der Waals surface area contributed by atoms with Crippen molar-refractivity contribution in [1.29, 1.82) is 0 Å². The third kappa shape index (κ3) is 2.53. The second-order valence-electron chi connectivity index (χ2n) is 3.90. The van der Waals surface area contributed by atoms with Crippen LogP contribution in [0.25, 0.3) is 10.4 Å². The van der Waals surface area contributed by atoms with Gasteiger partial charge in [0, 0.05) is 0 Å². The van der Waals surface area contributed by atoms with Gasteiger partial charge in [-0.1, -0.05) is 24.3 Å². The highest BCUT2D eigenvalue weighted by Gasteiger charge is 2.07. The summed E-state index contributed by atoms with van der Waals surface area (Å²) in [5.41, 5.74) is 5.19. The van der Waals surface area contributed by atoms with Crippen LogP contribution in [0.2, 0.25) is 0 Å². The van der Waals surface area contributed by atoms with Crippen molar-refractivity contribution in [2.75, 3.05) is 0 Å². The van der Waals surface area contributed by atoms with Gasteiger partial charge in [0.25, 0.3) is 0 Å². The Balaban J connectivity index is 2.24. The zero-order valence-electron chi connectivity index (χ0n) is 9.81.